The second-order valence-corrected chi connectivity index (χ2v) is 5.24. The number of nitrogens with one attached hydrogen (secondary N) is 1. The molecule has 1 atom stereocenters. The van der Waals surface area contributed by atoms with Gasteiger partial charge in [-0.25, -0.2) is 0 Å². The zero-order valence-electron chi connectivity index (χ0n) is 10.5. The Labute approximate surface area is 121 Å². The lowest BCUT2D eigenvalue weighted by Gasteiger charge is -2.19. The second-order valence-electron chi connectivity index (χ2n) is 4.46. The number of nitrogen functional groups attached to an aromatic ring is 1. The molecule has 7 heteroatoms. The monoisotopic (exact) mass is 303 g/mol. The van der Waals surface area contributed by atoms with Crippen LogP contribution in [-0.2, 0) is 4.79 Å². The van der Waals surface area contributed by atoms with Gasteiger partial charge in [-0.3, -0.25) is 9.59 Å². The molecule has 0 aliphatic carbocycles. The Hall–Kier alpha value is -1.46. The Morgan fingerprint density at radius 1 is 1.26 bits per heavy atom. The molecule has 1 unspecified atom stereocenters. The standard InChI is InChI=1S/C12H15Cl2N3O2/c1-5(2)10(11(16)18)17-12(19)6-3-7(13)9(14)8(15)4-6/h3-5,10H,15H2,1-2H3,(H2,16,18)(H,17,19). The Morgan fingerprint density at radius 2 is 1.84 bits per heavy atom. The summed E-state index contributed by atoms with van der Waals surface area (Å²) in [4.78, 5) is 23.2. The Morgan fingerprint density at radius 3 is 2.26 bits per heavy atom. The number of carbonyl (C=O) groups is 2. The lowest BCUT2D eigenvalue weighted by Crippen LogP contribution is -2.47. The van der Waals surface area contributed by atoms with Crippen LogP contribution in [0.3, 0.4) is 0 Å². The SMILES string of the molecule is CC(C)C(NC(=O)c1cc(N)c(Cl)c(Cl)c1)C(N)=O. The quantitative estimate of drug-likeness (QED) is 0.740. The molecule has 19 heavy (non-hydrogen) atoms. The maximum atomic E-state index is 12.0. The summed E-state index contributed by atoms with van der Waals surface area (Å²) in [5, 5.41) is 2.90. The lowest BCUT2D eigenvalue weighted by molar-refractivity contribution is -0.120. The van der Waals surface area contributed by atoms with Crippen LogP contribution >= 0.6 is 23.2 Å². The topological polar surface area (TPSA) is 98.2 Å². The molecule has 0 fully saturated rings. The Balaban J connectivity index is 2.98. The van der Waals surface area contributed by atoms with E-state index in [-0.39, 0.29) is 27.2 Å². The molecule has 2 amide bonds. The number of rotatable bonds is 4. The average molecular weight is 304 g/mol. The highest BCUT2D eigenvalue weighted by atomic mass is 35.5. The van der Waals surface area contributed by atoms with Crippen molar-refractivity contribution in [1.82, 2.24) is 5.32 Å². The van der Waals surface area contributed by atoms with Gasteiger partial charge in [0.15, 0.2) is 0 Å². The van der Waals surface area contributed by atoms with Crippen molar-refractivity contribution in [2.24, 2.45) is 11.7 Å². The summed E-state index contributed by atoms with van der Waals surface area (Å²) in [5.74, 6) is -1.21. The van der Waals surface area contributed by atoms with Crippen LogP contribution < -0.4 is 16.8 Å². The van der Waals surface area contributed by atoms with E-state index in [2.05, 4.69) is 5.32 Å². The van der Waals surface area contributed by atoms with Crippen molar-refractivity contribution in [3.8, 4) is 0 Å². The lowest BCUT2D eigenvalue weighted by atomic mass is 10.0. The molecule has 0 aliphatic heterocycles. The largest absolute Gasteiger partial charge is 0.397 e. The Kier molecular flexibility index (Phi) is 5.03. The molecule has 0 spiro atoms. The third-order valence-electron chi connectivity index (χ3n) is 2.58. The summed E-state index contributed by atoms with van der Waals surface area (Å²) in [7, 11) is 0. The molecule has 5 N–H and O–H groups in total. The third-order valence-corrected chi connectivity index (χ3v) is 3.39. The number of halogens is 2. The van der Waals surface area contributed by atoms with E-state index in [4.69, 9.17) is 34.7 Å². The number of primary amides is 1. The summed E-state index contributed by atoms with van der Waals surface area (Å²) in [6.07, 6.45) is 0. The van der Waals surface area contributed by atoms with Gasteiger partial charge in [0.25, 0.3) is 5.91 Å². The van der Waals surface area contributed by atoms with Gasteiger partial charge in [0.1, 0.15) is 6.04 Å². The predicted molar refractivity (Wildman–Crippen MR) is 76.2 cm³/mol. The van der Waals surface area contributed by atoms with E-state index in [0.29, 0.717) is 0 Å². The molecule has 104 valence electrons. The van der Waals surface area contributed by atoms with E-state index >= 15 is 0 Å². The highest BCUT2D eigenvalue weighted by Crippen LogP contribution is 2.29. The maximum Gasteiger partial charge on any atom is 0.252 e. The van der Waals surface area contributed by atoms with Crippen molar-refractivity contribution < 1.29 is 9.59 Å². The highest BCUT2D eigenvalue weighted by molar-refractivity contribution is 6.43. The van der Waals surface area contributed by atoms with E-state index < -0.39 is 17.9 Å². The minimum atomic E-state index is -0.761. The van der Waals surface area contributed by atoms with Crippen LogP contribution in [0.1, 0.15) is 24.2 Å². The fourth-order valence-electron chi connectivity index (χ4n) is 1.53. The van der Waals surface area contributed by atoms with Gasteiger partial charge in [-0.2, -0.15) is 0 Å². The van der Waals surface area contributed by atoms with Gasteiger partial charge in [0.2, 0.25) is 5.91 Å². The second kappa shape index (κ2) is 6.12. The van der Waals surface area contributed by atoms with E-state index in [1.165, 1.54) is 12.1 Å². The van der Waals surface area contributed by atoms with Crippen LogP contribution in [0.15, 0.2) is 12.1 Å². The zero-order valence-corrected chi connectivity index (χ0v) is 12.0. The molecule has 0 aliphatic rings. The van der Waals surface area contributed by atoms with Gasteiger partial charge < -0.3 is 16.8 Å². The molecular weight excluding hydrogens is 289 g/mol. The van der Waals surface area contributed by atoms with Crippen LogP contribution in [0.4, 0.5) is 5.69 Å². The van der Waals surface area contributed by atoms with Crippen molar-refractivity contribution in [2.45, 2.75) is 19.9 Å². The first-order valence-corrected chi connectivity index (χ1v) is 6.34. The smallest absolute Gasteiger partial charge is 0.252 e. The number of amides is 2. The van der Waals surface area contributed by atoms with Gasteiger partial charge in [0, 0.05) is 5.56 Å². The molecule has 0 aromatic heterocycles. The molecule has 0 bridgehead atoms. The number of nitrogens with two attached hydrogens (primary N) is 2. The summed E-state index contributed by atoms with van der Waals surface area (Å²) < 4.78 is 0. The van der Waals surface area contributed by atoms with Crippen molar-refractivity contribution in [3.05, 3.63) is 27.7 Å². The minimum absolute atomic E-state index is 0.124. The molecule has 1 aromatic rings. The number of carbonyl (C=O) groups excluding carboxylic acids is 2. The van der Waals surface area contributed by atoms with Gasteiger partial charge in [-0.15, -0.1) is 0 Å². The number of hydrogen-bond acceptors (Lipinski definition) is 3. The van der Waals surface area contributed by atoms with Gasteiger partial charge in [-0.1, -0.05) is 37.0 Å². The highest BCUT2D eigenvalue weighted by Gasteiger charge is 2.22. The van der Waals surface area contributed by atoms with Crippen molar-refractivity contribution in [3.63, 3.8) is 0 Å². The zero-order chi connectivity index (χ0) is 14.7. The van der Waals surface area contributed by atoms with Crippen LogP contribution in [-0.4, -0.2) is 17.9 Å². The molecule has 0 saturated heterocycles. The van der Waals surface area contributed by atoms with Crippen molar-refractivity contribution in [1.29, 1.82) is 0 Å². The summed E-state index contributed by atoms with van der Waals surface area (Å²) >= 11 is 11.6. The molecular formula is C12H15Cl2N3O2. The van der Waals surface area contributed by atoms with E-state index in [1.54, 1.807) is 13.8 Å². The first-order valence-electron chi connectivity index (χ1n) is 5.58. The average Bonchev–Trinajstić information content (AvgIpc) is 2.31. The van der Waals surface area contributed by atoms with Gasteiger partial charge in [-0.05, 0) is 18.1 Å². The molecule has 1 aromatic carbocycles. The normalized spacial score (nSPS) is 12.3. The number of benzene rings is 1. The molecule has 0 heterocycles. The van der Waals surface area contributed by atoms with Crippen LogP contribution in [0.5, 0.6) is 0 Å². The fraction of sp³-hybridized carbons (Fsp3) is 0.333. The van der Waals surface area contributed by atoms with E-state index in [1.807, 2.05) is 0 Å². The van der Waals surface area contributed by atoms with Gasteiger partial charge in [0.05, 0.1) is 15.7 Å². The van der Waals surface area contributed by atoms with E-state index in [0.717, 1.165) is 0 Å². The van der Waals surface area contributed by atoms with Crippen LogP contribution in [0.2, 0.25) is 10.0 Å². The molecule has 5 nitrogen and oxygen atoms in total. The van der Waals surface area contributed by atoms with Crippen molar-refractivity contribution >= 4 is 40.7 Å². The third kappa shape index (κ3) is 3.75. The van der Waals surface area contributed by atoms with Crippen LogP contribution in [0, 0.1) is 5.92 Å². The predicted octanol–water partition coefficient (Wildman–Crippen LogP) is 1.82. The first-order chi connectivity index (χ1) is 8.73. The fourth-order valence-corrected chi connectivity index (χ4v) is 1.87. The maximum absolute atomic E-state index is 12.0. The first kappa shape index (κ1) is 15.6. The molecule has 1 rings (SSSR count). The van der Waals surface area contributed by atoms with Gasteiger partial charge >= 0.3 is 0 Å². The number of anilines is 1. The van der Waals surface area contributed by atoms with Crippen LogP contribution in [0.25, 0.3) is 0 Å². The minimum Gasteiger partial charge on any atom is -0.397 e. The molecule has 0 radical (unpaired) electrons. The summed E-state index contributed by atoms with van der Waals surface area (Å²) in [6.45, 7) is 3.55. The summed E-state index contributed by atoms with van der Waals surface area (Å²) in [6, 6.07) is 2.01. The Bertz CT molecular complexity index is 495. The number of hydrogen-bond donors (Lipinski definition) is 3. The van der Waals surface area contributed by atoms with E-state index in [9.17, 15) is 9.59 Å². The summed E-state index contributed by atoms with van der Waals surface area (Å²) in [5.41, 5.74) is 11.3. The molecule has 0 saturated carbocycles. The van der Waals surface area contributed by atoms with Crippen molar-refractivity contribution in [2.75, 3.05) is 5.73 Å².